The summed E-state index contributed by atoms with van der Waals surface area (Å²) in [7, 11) is 0. The van der Waals surface area contributed by atoms with Crippen molar-refractivity contribution >= 4 is 0 Å². The minimum atomic E-state index is -0.0794. The molecule has 0 aromatic rings. The monoisotopic (exact) mass is 386 g/mol. The van der Waals surface area contributed by atoms with Crippen LogP contribution in [0.4, 0.5) is 0 Å². The van der Waals surface area contributed by atoms with Crippen LogP contribution in [0.15, 0.2) is 11.6 Å². The van der Waals surface area contributed by atoms with Gasteiger partial charge in [0.25, 0.3) is 0 Å². The zero-order valence-corrected chi connectivity index (χ0v) is 19.6. The summed E-state index contributed by atoms with van der Waals surface area (Å²) < 4.78 is 0. The highest BCUT2D eigenvalue weighted by atomic mass is 16.3. The number of aliphatic hydroxyl groups is 1. The van der Waals surface area contributed by atoms with Crippen LogP contribution in [-0.2, 0) is 0 Å². The van der Waals surface area contributed by atoms with E-state index < -0.39 is 0 Å². The van der Waals surface area contributed by atoms with E-state index in [2.05, 4.69) is 47.6 Å². The van der Waals surface area contributed by atoms with E-state index in [9.17, 15) is 5.11 Å². The summed E-state index contributed by atoms with van der Waals surface area (Å²) in [6, 6.07) is 0. The lowest BCUT2D eigenvalue weighted by Gasteiger charge is -2.58. The lowest BCUT2D eigenvalue weighted by atomic mass is 9.47. The van der Waals surface area contributed by atoms with Crippen molar-refractivity contribution in [2.75, 3.05) is 0 Å². The van der Waals surface area contributed by atoms with Gasteiger partial charge >= 0.3 is 0 Å². The second-order valence-electron chi connectivity index (χ2n) is 13.0. The van der Waals surface area contributed by atoms with Crippen LogP contribution < -0.4 is 0 Å². The molecule has 4 rings (SSSR count). The lowest BCUT2D eigenvalue weighted by molar-refractivity contribution is -0.0576. The Hall–Kier alpha value is -0.300. The predicted molar refractivity (Wildman–Crippen MR) is 119 cm³/mol. The van der Waals surface area contributed by atoms with Gasteiger partial charge < -0.3 is 5.11 Å². The van der Waals surface area contributed by atoms with Crippen molar-refractivity contribution in [3.8, 4) is 0 Å². The van der Waals surface area contributed by atoms with E-state index >= 15 is 0 Å². The minimum absolute atomic E-state index is 0.0794. The second-order valence-corrected chi connectivity index (χ2v) is 13.0. The molecule has 3 unspecified atom stereocenters. The summed E-state index contributed by atoms with van der Waals surface area (Å²) in [5.41, 5.74) is 3.05. The second kappa shape index (κ2) is 7.14. The van der Waals surface area contributed by atoms with Crippen LogP contribution in [0.25, 0.3) is 0 Å². The standard InChI is InChI=1S/C27H46O/c1-18(11-14-25(2,3)4)22-9-10-23-21-8-7-19-17-20(28)12-15-26(19,5)24(21)13-16-27(22,23)6/h7,18,20-24,28H,8-17H2,1-6H3/t18-,20+,21?,22-,23?,24?,26+,27-/m1/s1. The van der Waals surface area contributed by atoms with Gasteiger partial charge in [-0.2, -0.15) is 0 Å². The lowest BCUT2D eigenvalue weighted by Crippen LogP contribution is -2.50. The first-order valence-corrected chi connectivity index (χ1v) is 12.4. The van der Waals surface area contributed by atoms with Crippen LogP contribution in [0.1, 0.15) is 106 Å². The number of aliphatic hydroxyl groups excluding tert-OH is 1. The largest absolute Gasteiger partial charge is 0.393 e. The van der Waals surface area contributed by atoms with Gasteiger partial charge in [0.2, 0.25) is 0 Å². The van der Waals surface area contributed by atoms with Gasteiger partial charge in [-0.1, -0.05) is 53.2 Å². The molecular formula is C27H46O. The summed E-state index contributed by atoms with van der Waals surface area (Å²) in [6.07, 6.45) is 15.6. The Morgan fingerprint density at radius 1 is 1.07 bits per heavy atom. The van der Waals surface area contributed by atoms with Gasteiger partial charge in [0.05, 0.1) is 6.10 Å². The fraction of sp³-hybridized carbons (Fsp3) is 0.926. The number of hydrogen-bond acceptors (Lipinski definition) is 1. The van der Waals surface area contributed by atoms with Crippen LogP contribution in [0.2, 0.25) is 0 Å². The van der Waals surface area contributed by atoms with Crippen molar-refractivity contribution in [2.45, 2.75) is 112 Å². The van der Waals surface area contributed by atoms with E-state index in [1.807, 2.05) is 0 Å². The average molecular weight is 387 g/mol. The fourth-order valence-electron chi connectivity index (χ4n) is 8.48. The normalized spacial score (nSPS) is 47.0. The van der Waals surface area contributed by atoms with Crippen LogP contribution in [-0.4, -0.2) is 11.2 Å². The highest BCUT2D eigenvalue weighted by molar-refractivity contribution is 5.25. The summed E-state index contributed by atoms with van der Waals surface area (Å²) in [6.45, 7) is 15.0. The van der Waals surface area contributed by atoms with Crippen molar-refractivity contribution in [1.82, 2.24) is 0 Å². The zero-order chi connectivity index (χ0) is 20.3. The molecule has 0 bridgehead atoms. The van der Waals surface area contributed by atoms with Gasteiger partial charge in [0, 0.05) is 0 Å². The van der Waals surface area contributed by atoms with Crippen molar-refractivity contribution in [3.05, 3.63) is 11.6 Å². The molecule has 0 heterocycles. The Kier molecular flexibility index (Phi) is 5.34. The highest BCUT2D eigenvalue weighted by Crippen LogP contribution is 2.67. The molecular weight excluding hydrogens is 340 g/mol. The molecule has 28 heavy (non-hydrogen) atoms. The first-order chi connectivity index (χ1) is 13.0. The number of rotatable bonds is 3. The van der Waals surface area contributed by atoms with Crippen molar-refractivity contribution < 1.29 is 5.11 Å². The van der Waals surface area contributed by atoms with Crippen LogP contribution in [0.5, 0.6) is 0 Å². The third-order valence-corrected chi connectivity index (χ3v) is 10.2. The van der Waals surface area contributed by atoms with E-state index in [1.54, 1.807) is 5.57 Å². The Morgan fingerprint density at radius 3 is 2.54 bits per heavy atom. The maximum absolute atomic E-state index is 10.2. The molecule has 0 saturated heterocycles. The maximum Gasteiger partial charge on any atom is 0.0577 e. The molecule has 4 aliphatic carbocycles. The number of fused-ring (bicyclic) bond motifs is 5. The van der Waals surface area contributed by atoms with E-state index in [1.165, 1.54) is 51.4 Å². The third kappa shape index (κ3) is 3.42. The SMILES string of the molecule is C[C@H](CCC(C)(C)C)[C@H]1CCC2C3CC=C4C[C@@H](O)CC[C@]4(C)C3CC[C@@]21C. The molecule has 1 N–H and O–H groups in total. The van der Waals surface area contributed by atoms with Crippen molar-refractivity contribution in [1.29, 1.82) is 0 Å². The topological polar surface area (TPSA) is 20.2 Å². The van der Waals surface area contributed by atoms with Crippen LogP contribution >= 0.6 is 0 Å². The average Bonchev–Trinajstić information content (AvgIpc) is 2.97. The quantitative estimate of drug-likeness (QED) is 0.501. The number of allylic oxidation sites excluding steroid dienone is 1. The summed E-state index contributed by atoms with van der Waals surface area (Å²) in [5, 5.41) is 10.2. The Balaban J connectivity index is 1.52. The van der Waals surface area contributed by atoms with Gasteiger partial charge in [-0.15, -0.1) is 0 Å². The van der Waals surface area contributed by atoms with E-state index in [0.29, 0.717) is 16.2 Å². The van der Waals surface area contributed by atoms with E-state index in [0.717, 1.165) is 42.4 Å². The highest BCUT2D eigenvalue weighted by Gasteiger charge is 2.59. The van der Waals surface area contributed by atoms with Gasteiger partial charge in [-0.3, -0.25) is 0 Å². The Labute approximate surface area is 174 Å². The minimum Gasteiger partial charge on any atom is -0.393 e. The molecule has 3 saturated carbocycles. The molecule has 1 heteroatoms. The molecule has 1 nitrogen and oxygen atoms in total. The molecule has 8 atom stereocenters. The molecule has 160 valence electrons. The predicted octanol–water partition coefficient (Wildman–Crippen LogP) is 7.39. The smallest absolute Gasteiger partial charge is 0.0577 e. The van der Waals surface area contributed by atoms with E-state index in [-0.39, 0.29) is 6.10 Å². The van der Waals surface area contributed by atoms with E-state index in [4.69, 9.17) is 0 Å². The fourth-order valence-corrected chi connectivity index (χ4v) is 8.48. The summed E-state index contributed by atoms with van der Waals surface area (Å²) in [4.78, 5) is 0. The molecule has 0 radical (unpaired) electrons. The van der Waals surface area contributed by atoms with Gasteiger partial charge in [0.1, 0.15) is 0 Å². The summed E-state index contributed by atoms with van der Waals surface area (Å²) in [5.74, 6) is 4.53. The van der Waals surface area contributed by atoms with Gasteiger partial charge in [-0.05, 0) is 110 Å². The molecule has 0 aromatic carbocycles. The zero-order valence-electron chi connectivity index (χ0n) is 19.6. The molecule has 0 aromatic heterocycles. The first kappa shape index (κ1) is 21.0. The van der Waals surface area contributed by atoms with Crippen molar-refractivity contribution in [3.63, 3.8) is 0 Å². The molecule has 0 aliphatic heterocycles. The van der Waals surface area contributed by atoms with Gasteiger partial charge in [0.15, 0.2) is 0 Å². The number of hydrogen-bond donors (Lipinski definition) is 1. The van der Waals surface area contributed by atoms with Crippen molar-refractivity contribution in [2.24, 2.45) is 45.8 Å². The van der Waals surface area contributed by atoms with Crippen LogP contribution in [0, 0.1) is 45.8 Å². The maximum atomic E-state index is 10.2. The summed E-state index contributed by atoms with van der Waals surface area (Å²) >= 11 is 0. The van der Waals surface area contributed by atoms with Gasteiger partial charge in [-0.25, -0.2) is 0 Å². The Bertz CT molecular complexity index is 612. The van der Waals surface area contributed by atoms with Crippen LogP contribution in [0.3, 0.4) is 0 Å². The molecule has 3 fully saturated rings. The molecule has 0 amide bonds. The third-order valence-electron chi connectivity index (χ3n) is 10.2. The molecule has 4 aliphatic rings. The Morgan fingerprint density at radius 2 is 1.82 bits per heavy atom. The molecule has 0 spiro atoms. The first-order valence-electron chi connectivity index (χ1n) is 12.4.